The number of hydrogen-bond donors (Lipinski definition) is 1. The van der Waals surface area contributed by atoms with Crippen molar-refractivity contribution in [2.75, 3.05) is 0 Å². The summed E-state index contributed by atoms with van der Waals surface area (Å²) in [5.41, 5.74) is -0.250. The Labute approximate surface area is 51.5 Å². The molecule has 48 valence electrons. The predicted octanol–water partition coefficient (Wildman–Crippen LogP) is 1.11. The van der Waals surface area contributed by atoms with Crippen LogP contribution in [0.2, 0.25) is 0 Å². The second-order valence-electron chi connectivity index (χ2n) is 1.73. The van der Waals surface area contributed by atoms with E-state index in [0.717, 1.165) is 12.8 Å². The van der Waals surface area contributed by atoms with Crippen LogP contribution < -0.4 is 0 Å². The van der Waals surface area contributed by atoms with Crippen molar-refractivity contribution < 1.29 is 9.90 Å². The molecule has 0 fully saturated rings. The lowest BCUT2D eigenvalue weighted by atomic mass is 10.2. The topological polar surface area (TPSA) is 37.3 Å². The van der Waals surface area contributed by atoms with E-state index in [-0.39, 0.29) is 5.66 Å². The smallest absolute Gasteiger partial charge is 0.310 e. The van der Waals surface area contributed by atoms with Gasteiger partial charge >= 0.3 is 5.97 Å². The van der Waals surface area contributed by atoms with Gasteiger partial charge < -0.3 is 5.11 Å². The normalized spacial score (nSPS) is 13.2. The zero-order chi connectivity index (χ0) is 6.57. The maximum Gasteiger partial charge on any atom is 0.310 e. The number of carboxylic acids is 1. The Balaban J connectivity index is 3.32. The highest BCUT2D eigenvalue weighted by molar-refractivity contribution is 7.19. The molecule has 0 aromatic carbocycles. The second kappa shape index (κ2) is 3.85. The Morgan fingerprint density at radius 2 is 2.38 bits per heavy atom. The molecule has 2 nitrogen and oxygen atoms in total. The van der Waals surface area contributed by atoms with Crippen molar-refractivity contribution in [2.45, 2.75) is 25.4 Å². The Morgan fingerprint density at radius 3 is 2.50 bits per heavy atom. The van der Waals surface area contributed by atoms with Gasteiger partial charge in [-0.2, -0.15) is 0 Å². The van der Waals surface area contributed by atoms with Crippen molar-refractivity contribution in [2.24, 2.45) is 0 Å². The number of carboxylic acid groups (broad SMARTS) is 1. The van der Waals surface area contributed by atoms with E-state index in [1.165, 1.54) is 0 Å². The third-order valence-electron chi connectivity index (χ3n) is 0.917. The summed E-state index contributed by atoms with van der Waals surface area (Å²) >= 11 is 0. The lowest BCUT2D eigenvalue weighted by Gasteiger charge is -1.99. The van der Waals surface area contributed by atoms with Crippen molar-refractivity contribution in [3.63, 3.8) is 0 Å². The van der Waals surface area contributed by atoms with Gasteiger partial charge in [0.15, 0.2) is 0 Å². The van der Waals surface area contributed by atoms with E-state index < -0.39 is 5.97 Å². The summed E-state index contributed by atoms with van der Waals surface area (Å²) in [6, 6.07) is 0. The summed E-state index contributed by atoms with van der Waals surface area (Å²) in [5, 5.41) is 8.29. The average molecular weight is 134 g/mol. The van der Waals surface area contributed by atoms with Gasteiger partial charge in [-0.15, -0.1) is 9.24 Å². The largest absolute Gasteiger partial charge is 0.481 e. The fourth-order valence-electron chi connectivity index (χ4n) is 0.434. The van der Waals surface area contributed by atoms with Crippen molar-refractivity contribution in [1.29, 1.82) is 0 Å². The minimum absolute atomic E-state index is 0.250. The van der Waals surface area contributed by atoms with Crippen LogP contribution in [0.4, 0.5) is 0 Å². The van der Waals surface area contributed by atoms with Crippen LogP contribution in [-0.4, -0.2) is 16.7 Å². The molecule has 0 rings (SSSR count). The Kier molecular flexibility index (Phi) is 3.80. The second-order valence-corrected chi connectivity index (χ2v) is 2.54. The van der Waals surface area contributed by atoms with Crippen molar-refractivity contribution >= 4 is 15.2 Å². The van der Waals surface area contributed by atoms with Gasteiger partial charge in [0, 0.05) is 0 Å². The van der Waals surface area contributed by atoms with E-state index in [1.54, 1.807) is 0 Å². The molecule has 0 aromatic rings. The van der Waals surface area contributed by atoms with Crippen LogP contribution in [0.1, 0.15) is 19.8 Å². The standard InChI is InChI=1S/C5H11O2P/c1-2-3-4(8)5(6)7/h4H,2-3,8H2,1H3,(H,6,7). The van der Waals surface area contributed by atoms with E-state index in [0.29, 0.717) is 0 Å². The highest BCUT2D eigenvalue weighted by Gasteiger charge is 2.07. The van der Waals surface area contributed by atoms with Crippen LogP contribution >= 0.6 is 9.24 Å². The summed E-state index contributed by atoms with van der Waals surface area (Å²) in [6.45, 7) is 1.97. The Hall–Kier alpha value is -0.100. The molecule has 0 heterocycles. The molecule has 2 atom stereocenters. The molecule has 0 aliphatic heterocycles. The Bertz CT molecular complexity index is 82.5. The summed E-state index contributed by atoms with van der Waals surface area (Å²) in [4.78, 5) is 10.1. The summed E-state index contributed by atoms with van der Waals surface area (Å²) in [7, 11) is 2.29. The number of rotatable bonds is 3. The molecule has 8 heavy (non-hydrogen) atoms. The SMILES string of the molecule is CCCC(P)C(=O)O. The number of hydrogen-bond acceptors (Lipinski definition) is 1. The summed E-state index contributed by atoms with van der Waals surface area (Å²) in [6.07, 6.45) is 1.68. The first-order valence-electron chi connectivity index (χ1n) is 2.67. The van der Waals surface area contributed by atoms with Crippen molar-refractivity contribution in [3.05, 3.63) is 0 Å². The monoisotopic (exact) mass is 134 g/mol. The minimum atomic E-state index is -0.725. The lowest BCUT2D eigenvalue weighted by molar-refractivity contribution is -0.136. The van der Waals surface area contributed by atoms with Crippen LogP contribution in [0.5, 0.6) is 0 Å². The molecule has 0 aliphatic carbocycles. The molecule has 3 heteroatoms. The molecule has 0 saturated heterocycles. The quantitative estimate of drug-likeness (QED) is 0.587. The van der Waals surface area contributed by atoms with Gasteiger partial charge in [-0.1, -0.05) is 13.3 Å². The van der Waals surface area contributed by atoms with Crippen molar-refractivity contribution in [1.82, 2.24) is 0 Å². The Morgan fingerprint density at radius 1 is 1.88 bits per heavy atom. The van der Waals surface area contributed by atoms with Gasteiger partial charge in [0.25, 0.3) is 0 Å². The van der Waals surface area contributed by atoms with Gasteiger partial charge in [-0.3, -0.25) is 4.79 Å². The first-order chi connectivity index (χ1) is 3.68. The van der Waals surface area contributed by atoms with Crippen LogP contribution in [0.25, 0.3) is 0 Å². The van der Waals surface area contributed by atoms with Crippen LogP contribution in [0.15, 0.2) is 0 Å². The highest BCUT2D eigenvalue weighted by Crippen LogP contribution is 2.06. The molecule has 0 aliphatic rings. The first kappa shape index (κ1) is 7.90. The molecule has 0 spiro atoms. The molecule has 0 bridgehead atoms. The van der Waals surface area contributed by atoms with Gasteiger partial charge in [0.05, 0.1) is 5.66 Å². The average Bonchev–Trinajstić information content (AvgIpc) is 1.67. The van der Waals surface area contributed by atoms with Crippen LogP contribution in [0.3, 0.4) is 0 Å². The van der Waals surface area contributed by atoms with Gasteiger partial charge in [-0.25, -0.2) is 0 Å². The molecule has 0 aromatic heterocycles. The molecular formula is C5H11O2P. The molecule has 2 unspecified atom stereocenters. The third-order valence-corrected chi connectivity index (χ3v) is 1.54. The molecule has 0 radical (unpaired) electrons. The van der Waals surface area contributed by atoms with Gasteiger partial charge in [0.1, 0.15) is 0 Å². The summed E-state index contributed by atoms with van der Waals surface area (Å²) in [5.74, 6) is -0.725. The van der Waals surface area contributed by atoms with Crippen molar-refractivity contribution in [3.8, 4) is 0 Å². The number of carbonyl (C=O) groups is 1. The zero-order valence-electron chi connectivity index (χ0n) is 4.92. The first-order valence-corrected chi connectivity index (χ1v) is 3.33. The third kappa shape index (κ3) is 2.98. The molecule has 0 amide bonds. The van der Waals surface area contributed by atoms with Crippen LogP contribution in [0, 0.1) is 0 Å². The van der Waals surface area contributed by atoms with E-state index >= 15 is 0 Å². The number of aliphatic carboxylic acids is 1. The van der Waals surface area contributed by atoms with E-state index in [2.05, 4.69) is 9.24 Å². The van der Waals surface area contributed by atoms with E-state index in [9.17, 15) is 4.79 Å². The van der Waals surface area contributed by atoms with Gasteiger partial charge in [0.2, 0.25) is 0 Å². The maximum absolute atomic E-state index is 10.1. The zero-order valence-corrected chi connectivity index (χ0v) is 6.08. The predicted molar refractivity (Wildman–Crippen MR) is 36.0 cm³/mol. The van der Waals surface area contributed by atoms with Gasteiger partial charge in [-0.05, 0) is 6.42 Å². The molecular weight excluding hydrogens is 123 g/mol. The fraction of sp³-hybridized carbons (Fsp3) is 0.800. The van der Waals surface area contributed by atoms with Crippen LogP contribution in [-0.2, 0) is 4.79 Å². The van der Waals surface area contributed by atoms with E-state index in [1.807, 2.05) is 6.92 Å². The highest BCUT2D eigenvalue weighted by atomic mass is 31.0. The molecule has 0 saturated carbocycles. The van der Waals surface area contributed by atoms with E-state index in [4.69, 9.17) is 5.11 Å². The minimum Gasteiger partial charge on any atom is -0.481 e. The molecule has 1 N–H and O–H groups in total. The summed E-state index contributed by atoms with van der Waals surface area (Å²) < 4.78 is 0. The fourth-order valence-corrected chi connectivity index (χ4v) is 0.768. The lowest BCUT2D eigenvalue weighted by Crippen LogP contribution is -2.11. The maximum atomic E-state index is 10.1.